The summed E-state index contributed by atoms with van der Waals surface area (Å²) in [5, 5.41) is 11.0. The number of furan rings is 1. The summed E-state index contributed by atoms with van der Waals surface area (Å²) in [6.45, 7) is 0. The van der Waals surface area contributed by atoms with Gasteiger partial charge in [-0.3, -0.25) is 15.1 Å². The summed E-state index contributed by atoms with van der Waals surface area (Å²) in [6, 6.07) is 8.98. The average Bonchev–Trinajstić information content (AvgIpc) is 3.22. The van der Waals surface area contributed by atoms with Gasteiger partial charge in [-0.2, -0.15) is 0 Å². The van der Waals surface area contributed by atoms with Crippen LogP contribution in [0.25, 0.3) is 23.1 Å². The highest BCUT2D eigenvalue weighted by Crippen LogP contribution is 2.51. The highest BCUT2D eigenvalue weighted by molar-refractivity contribution is 7.54. The molecule has 4 rings (SSSR count). The fourth-order valence-corrected chi connectivity index (χ4v) is 3.83. The van der Waals surface area contributed by atoms with Crippen molar-refractivity contribution < 1.29 is 28.1 Å². The first-order valence-corrected chi connectivity index (χ1v) is 10.4. The maximum atomic E-state index is 13.6. The topological polar surface area (TPSA) is 156 Å². The van der Waals surface area contributed by atoms with E-state index < -0.39 is 24.4 Å². The zero-order valence-corrected chi connectivity index (χ0v) is 16.8. The molecule has 4 aromatic rings. The van der Waals surface area contributed by atoms with Crippen molar-refractivity contribution in [3.05, 3.63) is 82.4 Å². The summed E-state index contributed by atoms with van der Waals surface area (Å²) in [5.74, 6) is -1.04. The molecule has 0 spiro atoms. The Bertz CT molecular complexity index is 1400. The fourth-order valence-electron chi connectivity index (χ4n) is 2.97. The molecule has 0 saturated carbocycles. The van der Waals surface area contributed by atoms with Gasteiger partial charge in [0.15, 0.2) is 5.82 Å². The van der Waals surface area contributed by atoms with E-state index in [-0.39, 0.29) is 33.9 Å². The Morgan fingerprint density at radius 2 is 1.94 bits per heavy atom. The van der Waals surface area contributed by atoms with Gasteiger partial charge in [-0.05, 0) is 42.5 Å². The molecule has 0 amide bonds. The second kappa shape index (κ2) is 8.27. The number of anilines is 2. The van der Waals surface area contributed by atoms with Crippen LogP contribution in [-0.4, -0.2) is 29.7 Å². The third-order valence-corrected chi connectivity index (χ3v) is 5.21. The van der Waals surface area contributed by atoms with Crippen LogP contribution in [0.4, 0.5) is 21.8 Å². The predicted octanol–water partition coefficient (Wildman–Crippen LogP) is 4.07. The Labute approximate surface area is 178 Å². The average molecular weight is 457 g/mol. The van der Waals surface area contributed by atoms with E-state index in [4.69, 9.17) is 4.42 Å². The number of nitrogens with zero attached hydrogens (tertiary/aromatic N) is 5. The molecule has 0 fully saturated rings. The number of nitro groups is 1. The molecule has 162 valence electrons. The van der Waals surface area contributed by atoms with Crippen molar-refractivity contribution in [1.82, 2.24) is 15.0 Å². The first kappa shape index (κ1) is 21.2. The van der Waals surface area contributed by atoms with E-state index in [1.807, 2.05) is 0 Å². The normalized spacial score (nSPS) is 11.8. The molecular weight excluding hydrogens is 444 g/mol. The standard InChI is InChI=1S/C19H13FN5O6P/c20-12-3-6-14-16(10-12)22-11-23-19(14)24(32(28,29)30)17-2-1-9-21-15(17)7-4-13-5-8-18(31-13)25(26)27/h1-11H,(H2,28,29,30). The number of fused-ring (bicyclic) bond motifs is 1. The summed E-state index contributed by atoms with van der Waals surface area (Å²) in [6.07, 6.45) is 5.21. The van der Waals surface area contributed by atoms with Gasteiger partial charge in [-0.25, -0.2) is 23.6 Å². The Balaban J connectivity index is 1.84. The molecule has 0 saturated heterocycles. The summed E-state index contributed by atoms with van der Waals surface area (Å²) < 4.78 is 31.8. The minimum atomic E-state index is -5.00. The van der Waals surface area contributed by atoms with E-state index in [9.17, 15) is 28.9 Å². The number of halogens is 1. The lowest BCUT2D eigenvalue weighted by atomic mass is 10.2. The minimum Gasteiger partial charge on any atom is -0.401 e. The van der Waals surface area contributed by atoms with Crippen molar-refractivity contribution in [2.75, 3.05) is 4.67 Å². The maximum absolute atomic E-state index is 13.6. The smallest absolute Gasteiger partial charge is 0.401 e. The van der Waals surface area contributed by atoms with Gasteiger partial charge in [0.1, 0.15) is 22.8 Å². The van der Waals surface area contributed by atoms with Crippen LogP contribution in [0.1, 0.15) is 11.5 Å². The number of benzene rings is 1. The van der Waals surface area contributed by atoms with Crippen molar-refractivity contribution >= 4 is 48.2 Å². The van der Waals surface area contributed by atoms with Gasteiger partial charge in [-0.1, -0.05) is 0 Å². The van der Waals surface area contributed by atoms with Crippen LogP contribution in [0.5, 0.6) is 0 Å². The van der Waals surface area contributed by atoms with Gasteiger partial charge in [0.2, 0.25) is 0 Å². The highest BCUT2D eigenvalue weighted by atomic mass is 31.2. The van der Waals surface area contributed by atoms with Crippen molar-refractivity contribution in [1.29, 1.82) is 0 Å². The number of aromatic nitrogens is 3. The molecule has 1 aromatic carbocycles. The molecule has 3 aromatic heterocycles. The second-order valence-corrected chi connectivity index (χ2v) is 7.78. The quantitative estimate of drug-likeness (QED) is 0.246. The molecule has 0 aliphatic carbocycles. The summed E-state index contributed by atoms with van der Waals surface area (Å²) >= 11 is 0. The largest absolute Gasteiger partial charge is 0.435 e. The molecule has 3 heterocycles. The predicted molar refractivity (Wildman–Crippen MR) is 112 cm³/mol. The van der Waals surface area contributed by atoms with Crippen LogP contribution in [-0.2, 0) is 4.57 Å². The van der Waals surface area contributed by atoms with Crippen molar-refractivity contribution in [3.63, 3.8) is 0 Å². The van der Waals surface area contributed by atoms with E-state index in [1.54, 1.807) is 0 Å². The number of hydrogen-bond acceptors (Lipinski definition) is 7. The molecule has 0 aliphatic rings. The van der Waals surface area contributed by atoms with E-state index in [1.165, 1.54) is 48.7 Å². The number of hydrogen-bond donors (Lipinski definition) is 2. The SMILES string of the molecule is O=[N+]([O-])c1ccc(C=Cc2ncccc2N(c2ncnc3cc(F)ccc23)P(=O)(O)O)o1. The molecule has 32 heavy (non-hydrogen) atoms. The van der Waals surface area contributed by atoms with E-state index in [2.05, 4.69) is 15.0 Å². The molecular formula is C19H13FN5O6P. The van der Waals surface area contributed by atoms with Crippen molar-refractivity contribution in [3.8, 4) is 0 Å². The molecule has 11 nitrogen and oxygen atoms in total. The lowest BCUT2D eigenvalue weighted by Crippen LogP contribution is -2.16. The van der Waals surface area contributed by atoms with Gasteiger partial charge in [0.25, 0.3) is 0 Å². The molecule has 0 bridgehead atoms. The van der Waals surface area contributed by atoms with Gasteiger partial charge < -0.3 is 14.2 Å². The van der Waals surface area contributed by atoms with Gasteiger partial charge >= 0.3 is 13.6 Å². The first-order chi connectivity index (χ1) is 15.2. The summed E-state index contributed by atoms with van der Waals surface area (Å²) in [4.78, 5) is 42.4. The van der Waals surface area contributed by atoms with Gasteiger partial charge in [-0.15, -0.1) is 0 Å². The zero-order valence-electron chi connectivity index (χ0n) is 15.9. The lowest BCUT2D eigenvalue weighted by Gasteiger charge is -2.26. The molecule has 0 aliphatic heterocycles. The Hall–Kier alpha value is -3.99. The third-order valence-electron chi connectivity index (χ3n) is 4.28. The first-order valence-electron chi connectivity index (χ1n) is 8.88. The van der Waals surface area contributed by atoms with Crippen LogP contribution in [0.15, 0.2) is 59.4 Å². The summed E-state index contributed by atoms with van der Waals surface area (Å²) in [7, 11) is -5.00. The van der Waals surface area contributed by atoms with E-state index >= 15 is 0 Å². The van der Waals surface area contributed by atoms with Gasteiger partial charge in [0.05, 0.1) is 23.0 Å². The number of pyridine rings is 1. The molecule has 0 radical (unpaired) electrons. The molecule has 0 unspecified atom stereocenters. The highest BCUT2D eigenvalue weighted by Gasteiger charge is 2.32. The Kier molecular flexibility index (Phi) is 5.49. The van der Waals surface area contributed by atoms with Gasteiger partial charge in [0, 0.05) is 17.6 Å². The van der Waals surface area contributed by atoms with Crippen LogP contribution >= 0.6 is 7.75 Å². The molecule has 0 atom stereocenters. The Morgan fingerprint density at radius 3 is 2.66 bits per heavy atom. The fraction of sp³-hybridized carbons (Fsp3) is 0. The molecule has 2 N–H and O–H groups in total. The van der Waals surface area contributed by atoms with Crippen LogP contribution in [0.2, 0.25) is 0 Å². The lowest BCUT2D eigenvalue weighted by molar-refractivity contribution is -0.402. The van der Waals surface area contributed by atoms with Crippen LogP contribution in [0, 0.1) is 15.9 Å². The molecule has 13 heteroatoms. The minimum absolute atomic E-state index is 0.0116. The third kappa shape index (κ3) is 4.23. The van der Waals surface area contributed by atoms with Crippen LogP contribution < -0.4 is 4.67 Å². The Morgan fingerprint density at radius 1 is 1.12 bits per heavy atom. The number of rotatable bonds is 6. The monoisotopic (exact) mass is 457 g/mol. The zero-order chi connectivity index (χ0) is 22.9. The van der Waals surface area contributed by atoms with E-state index in [0.29, 0.717) is 4.67 Å². The van der Waals surface area contributed by atoms with Crippen molar-refractivity contribution in [2.45, 2.75) is 0 Å². The second-order valence-electron chi connectivity index (χ2n) is 6.36. The summed E-state index contributed by atoms with van der Waals surface area (Å²) in [5.41, 5.74) is 0.253. The van der Waals surface area contributed by atoms with Crippen LogP contribution in [0.3, 0.4) is 0 Å². The van der Waals surface area contributed by atoms with Crippen molar-refractivity contribution in [2.24, 2.45) is 0 Å². The van der Waals surface area contributed by atoms with E-state index in [0.717, 1.165) is 18.5 Å². The maximum Gasteiger partial charge on any atom is 0.435 e.